The summed E-state index contributed by atoms with van der Waals surface area (Å²) in [5, 5.41) is 4.63. The van der Waals surface area contributed by atoms with Gasteiger partial charge in [-0.25, -0.2) is 4.98 Å². The van der Waals surface area contributed by atoms with Crippen LogP contribution in [0, 0.1) is 0 Å². The zero-order chi connectivity index (χ0) is 17.3. The van der Waals surface area contributed by atoms with Gasteiger partial charge in [-0.15, -0.1) is 11.3 Å². The van der Waals surface area contributed by atoms with Crippen LogP contribution in [0.3, 0.4) is 0 Å². The minimum Gasteiger partial charge on any atom is -0.461 e. The first-order chi connectivity index (χ1) is 12.9. The Labute approximate surface area is 156 Å². The Hall–Kier alpha value is -2.37. The van der Waals surface area contributed by atoms with E-state index in [2.05, 4.69) is 50.5 Å². The zero-order valence-corrected chi connectivity index (χ0v) is 15.4. The normalized spacial score (nSPS) is 15.9. The molecule has 132 valence electrons. The van der Waals surface area contributed by atoms with E-state index in [0.29, 0.717) is 0 Å². The number of furan rings is 1. The summed E-state index contributed by atoms with van der Waals surface area (Å²) >= 11 is 1.79. The number of aromatic nitrogens is 1. The van der Waals surface area contributed by atoms with Crippen LogP contribution in [0.4, 0.5) is 5.82 Å². The molecular weight excluding hydrogens is 342 g/mol. The molecule has 5 heteroatoms. The third-order valence-electron chi connectivity index (χ3n) is 5.18. The average Bonchev–Trinajstić information content (AvgIpc) is 3.33. The van der Waals surface area contributed by atoms with Gasteiger partial charge < -0.3 is 9.32 Å². The van der Waals surface area contributed by atoms with Crippen molar-refractivity contribution in [2.24, 2.45) is 0 Å². The fraction of sp³-hybridized carbons (Fsp3) is 0.286. The standard InChI is InChI=1S/C21H21N3OS/c1-2-4-19-16(3-1)15-17(25-19)6-9-23-10-12-24(13-11-23)21-18-7-14-26-20(18)5-8-22-21/h1-5,7-8,14-15H,6,9-13H2. The lowest BCUT2D eigenvalue weighted by Crippen LogP contribution is -2.47. The van der Waals surface area contributed by atoms with Crippen molar-refractivity contribution < 1.29 is 4.42 Å². The van der Waals surface area contributed by atoms with Gasteiger partial charge in [-0.3, -0.25) is 4.90 Å². The number of hydrogen-bond donors (Lipinski definition) is 0. The van der Waals surface area contributed by atoms with Crippen LogP contribution in [-0.2, 0) is 6.42 Å². The van der Waals surface area contributed by atoms with Crippen LogP contribution in [-0.4, -0.2) is 42.6 Å². The van der Waals surface area contributed by atoms with Crippen molar-refractivity contribution in [3.05, 3.63) is 59.8 Å². The molecule has 0 saturated carbocycles. The minimum absolute atomic E-state index is 0.965. The summed E-state index contributed by atoms with van der Waals surface area (Å²) < 4.78 is 7.26. The first-order valence-electron chi connectivity index (χ1n) is 9.14. The predicted molar refractivity (Wildman–Crippen MR) is 108 cm³/mol. The van der Waals surface area contributed by atoms with E-state index in [-0.39, 0.29) is 0 Å². The van der Waals surface area contributed by atoms with Crippen LogP contribution < -0.4 is 4.90 Å². The highest BCUT2D eigenvalue weighted by molar-refractivity contribution is 7.17. The monoisotopic (exact) mass is 363 g/mol. The van der Waals surface area contributed by atoms with E-state index >= 15 is 0 Å². The highest BCUT2D eigenvalue weighted by Gasteiger charge is 2.20. The van der Waals surface area contributed by atoms with Crippen LogP contribution in [0.5, 0.6) is 0 Å². The van der Waals surface area contributed by atoms with Gasteiger partial charge >= 0.3 is 0 Å². The summed E-state index contributed by atoms with van der Waals surface area (Å²) in [6.45, 7) is 5.25. The topological polar surface area (TPSA) is 32.5 Å². The Morgan fingerprint density at radius 2 is 1.92 bits per heavy atom. The fourth-order valence-corrected chi connectivity index (χ4v) is 4.52. The maximum Gasteiger partial charge on any atom is 0.137 e. The van der Waals surface area contributed by atoms with E-state index in [1.165, 1.54) is 15.5 Å². The highest BCUT2D eigenvalue weighted by atomic mass is 32.1. The quantitative estimate of drug-likeness (QED) is 0.538. The number of pyridine rings is 1. The summed E-state index contributed by atoms with van der Waals surface area (Å²) in [6, 6.07) is 14.7. The molecule has 0 bridgehead atoms. The third-order valence-corrected chi connectivity index (χ3v) is 6.06. The van der Waals surface area contributed by atoms with Gasteiger partial charge in [-0.05, 0) is 29.6 Å². The highest BCUT2D eigenvalue weighted by Crippen LogP contribution is 2.29. The SMILES string of the molecule is c1ccc2oc(CCN3CCN(c4nccc5sccc45)CC3)cc2c1. The Morgan fingerprint density at radius 1 is 1.04 bits per heavy atom. The van der Waals surface area contributed by atoms with Crippen LogP contribution >= 0.6 is 11.3 Å². The molecule has 1 aromatic carbocycles. The summed E-state index contributed by atoms with van der Waals surface area (Å²) in [6.07, 6.45) is 2.90. The first kappa shape index (κ1) is 15.9. The van der Waals surface area contributed by atoms with Crippen molar-refractivity contribution in [2.75, 3.05) is 37.6 Å². The van der Waals surface area contributed by atoms with Crippen molar-refractivity contribution in [3.63, 3.8) is 0 Å². The fourth-order valence-electron chi connectivity index (χ4n) is 3.74. The number of rotatable bonds is 4. The minimum atomic E-state index is 0.965. The van der Waals surface area contributed by atoms with Gasteiger partial charge in [0.05, 0.1) is 0 Å². The Morgan fingerprint density at radius 3 is 2.81 bits per heavy atom. The molecule has 0 amide bonds. The average molecular weight is 363 g/mol. The second-order valence-electron chi connectivity index (χ2n) is 6.80. The molecule has 1 fully saturated rings. The van der Waals surface area contributed by atoms with Gasteiger partial charge in [0.2, 0.25) is 0 Å². The van der Waals surface area contributed by atoms with E-state index in [0.717, 1.165) is 56.3 Å². The van der Waals surface area contributed by atoms with Crippen molar-refractivity contribution in [3.8, 4) is 0 Å². The Kier molecular flexibility index (Phi) is 4.11. The first-order valence-corrected chi connectivity index (χ1v) is 10.0. The molecule has 4 nitrogen and oxygen atoms in total. The van der Waals surface area contributed by atoms with Crippen molar-refractivity contribution >= 4 is 38.2 Å². The van der Waals surface area contributed by atoms with Crippen LogP contribution in [0.15, 0.2) is 58.5 Å². The lowest BCUT2D eigenvalue weighted by Gasteiger charge is -2.35. The number of piperazine rings is 1. The largest absolute Gasteiger partial charge is 0.461 e. The van der Waals surface area contributed by atoms with E-state index in [9.17, 15) is 0 Å². The third kappa shape index (κ3) is 2.97. The van der Waals surface area contributed by atoms with E-state index in [4.69, 9.17) is 4.42 Å². The number of fused-ring (bicyclic) bond motifs is 2. The number of benzene rings is 1. The predicted octanol–water partition coefficient (Wildman–Crippen LogP) is 4.41. The summed E-state index contributed by atoms with van der Waals surface area (Å²) in [5.74, 6) is 2.22. The van der Waals surface area contributed by atoms with Crippen LogP contribution in [0.1, 0.15) is 5.76 Å². The van der Waals surface area contributed by atoms with Gasteiger partial charge in [0.15, 0.2) is 0 Å². The molecule has 5 rings (SSSR count). The molecule has 1 aliphatic heterocycles. The van der Waals surface area contributed by atoms with Gasteiger partial charge in [0.25, 0.3) is 0 Å². The molecule has 0 unspecified atom stereocenters. The molecule has 0 spiro atoms. The lowest BCUT2D eigenvalue weighted by molar-refractivity contribution is 0.255. The van der Waals surface area contributed by atoms with Gasteiger partial charge in [0, 0.05) is 60.8 Å². The van der Waals surface area contributed by atoms with Crippen LogP contribution in [0.2, 0.25) is 0 Å². The molecule has 3 aromatic heterocycles. The van der Waals surface area contributed by atoms with Gasteiger partial charge in [-0.1, -0.05) is 18.2 Å². The van der Waals surface area contributed by atoms with E-state index in [1.807, 2.05) is 18.3 Å². The molecule has 1 aliphatic rings. The van der Waals surface area contributed by atoms with Crippen molar-refractivity contribution in [1.29, 1.82) is 0 Å². The molecular formula is C21H21N3OS. The Bertz CT molecular complexity index is 997. The zero-order valence-electron chi connectivity index (χ0n) is 14.6. The number of nitrogens with zero attached hydrogens (tertiary/aromatic N) is 3. The van der Waals surface area contributed by atoms with Crippen LogP contribution in [0.25, 0.3) is 21.1 Å². The molecule has 0 N–H and O–H groups in total. The summed E-state index contributed by atoms with van der Waals surface area (Å²) in [7, 11) is 0. The maximum atomic E-state index is 5.94. The maximum absolute atomic E-state index is 5.94. The van der Waals surface area contributed by atoms with Crippen molar-refractivity contribution in [1.82, 2.24) is 9.88 Å². The molecule has 26 heavy (non-hydrogen) atoms. The summed E-state index contributed by atoms with van der Waals surface area (Å²) in [4.78, 5) is 9.59. The molecule has 0 atom stereocenters. The lowest BCUT2D eigenvalue weighted by atomic mass is 10.2. The molecule has 4 heterocycles. The van der Waals surface area contributed by atoms with Gasteiger partial charge in [0.1, 0.15) is 17.2 Å². The van der Waals surface area contributed by atoms with E-state index in [1.54, 1.807) is 11.3 Å². The number of thiophene rings is 1. The second-order valence-corrected chi connectivity index (χ2v) is 7.74. The second kappa shape index (κ2) is 6.74. The summed E-state index contributed by atoms with van der Waals surface area (Å²) in [5.41, 5.74) is 0.988. The van der Waals surface area contributed by atoms with Crippen molar-refractivity contribution in [2.45, 2.75) is 6.42 Å². The molecule has 1 saturated heterocycles. The number of para-hydroxylation sites is 1. The molecule has 4 aromatic rings. The number of anilines is 1. The number of hydrogen-bond acceptors (Lipinski definition) is 5. The smallest absolute Gasteiger partial charge is 0.137 e. The molecule has 0 aliphatic carbocycles. The van der Waals surface area contributed by atoms with E-state index < -0.39 is 0 Å². The van der Waals surface area contributed by atoms with Gasteiger partial charge in [-0.2, -0.15) is 0 Å². The molecule has 0 radical (unpaired) electrons. The Balaban J connectivity index is 1.21.